The fourth-order valence-corrected chi connectivity index (χ4v) is 4.33. The molecule has 0 aliphatic heterocycles. The molecular weight excluding hydrogens is 420 g/mol. The second-order valence-corrected chi connectivity index (χ2v) is 8.38. The molecule has 4 nitrogen and oxygen atoms in total. The van der Waals surface area contributed by atoms with Gasteiger partial charge in [-0.25, -0.2) is 4.79 Å². The number of amides is 2. The van der Waals surface area contributed by atoms with Crippen LogP contribution in [0.4, 0.5) is 16.2 Å². The Hall–Kier alpha value is -4.31. The normalized spacial score (nSPS) is 10.9. The van der Waals surface area contributed by atoms with E-state index >= 15 is 0 Å². The van der Waals surface area contributed by atoms with Crippen LogP contribution in [0.1, 0.15) is 11.1 Å². The third-order valence-electron chi connectivity index (χ3n) is 6.11. The third-order valence-corrected chi connectivity index (χ3v) is 6.11. The van der Waals surface area contributed by atoms with Crippen LogP contribution in [0.15, 0.2) is 103 Å². The molecule has 0 aliphatic carbocycles. The molecule has 0 unspecified atom stereocenters. The lowest BCUT2D eigenvalue weighted by Gasteiger charge is -2.25. The molecule has 168 valence electrons. The van der Waals surface area contributed by atoms with Crippen molar-refractivity contribution in [2.75, 3.05) is 17.3 Å². The van der Waals surface area contributed by atoms with Crippen LogP contribution >= 0.6 is 0 Å². The van der Waals surface area contributed by atoms with E-state index in [1.54, 1.807) is 12.0 Å². The molecule has 34 heavy (non-hydrogen) atoms. The van der Waals surface area contributed by atoms with Gasteiger partial charge in [0.05, 0.1) is 13.7 Å². The van der Waals surface area contributed by atoms with Gasteiger partial charge in [-0.3, -0.25) is 4.90 Å². The van der Waals surface area contributed by atoms with Gasteiger partial charge >= 0.3 is 6.03 Å². The highest BCUT2D eigenvalue weighted by molar-refractivity contribution is 6.05. The minimum Gasteiger partial charge on any atom is -0.497 e. The van der Waals surface area contributed by atoms with Crippen molar-refractivity contribution in [2.45, 2.75) is 13.5 Å². The summed E-state index contributed by atoms with van der Waals surface area (Å²) in [5, 5.41) is 7.67. The van der Waals surface area contributed by atoms with Gasteiger partial charge in [0, 0.05) is 17.4 Å². The van der Waals surface area contributed by atoms with Crippen molar-refractivity contribution in [3.8, 4) is 5.75 Å². The number of anilines is 2. The number of hydrogen-bond donors (Lipinski definition) is 1. The first-order chi connectivity index (χ1) is 16.6. The van der Waals surface area contributed by atoms with Crippen molar-refractivity contribution in [2.24, 2.45) is 0 Å². The number of methoxy groups -OCH3 is 1. The Labute approximate surface area is 199 Å². The molecule has 0 heterocycles. The Morgan fingerprint density at radius 3 is 2.09 bits per heavy atom. The SMILES string of the molecule is COc1cccc(NC(=O)N(Cc2c3ccccc3cc3ccccc23)c2ccc(C)cc2)c1. The van der Waals surface area contributed by atoms with Gasteiger partial charge in [0.1, 0.15) is 5.75 Å². The van der Waals surface area contributed by atoms with Crippen LogP contribution in [0.3, 0.4) is 0 Å². The lowest BCUT2D eigenvalue weighted by Crippen LogP contribution is -2.34. The van der Waals surface area contributed by atoms with Crippen molar-refractivity contribution in [3.05, 3.63) is 114 Å². The van der Waals surface area contributed by atoms with Crippen LogP contribution in [0.2, 0.25) is 0 Å². The molecule has 0 saturated heterocycles. The van der Waals surface area contributed by atoms with Crippen LogP contribution in [0.5, 0.6) is 5.75 Å². The number of aryl methyl sites for hydroxylation is 1. The molecule has 1 N–H and O–H groups in total. The summed E-state index contributed by atoms with van der Waals surface area (Å²) < 4.78 is 5.32. The fourth-order valence-electron chi connectivity index (χ4n) is 4.33. The molecule has 0 saturated carbocycles. The largest absolute Gasteiger partial charge is 0.497 e. The number of nitrogens with one attached hydrogen (secondary N) is 1. The Morgan fingerprint density at radius 2 is 1.44 bits per heavy atom. The Morgan fingerprint density at radius 1 is 0.794 bits per heavy atom. The Balaban J connectivity index is 1.60. The summed E-state index contributed by atoms with van der Waals surface area (Å²) in [5.74, 6) is 0.694. The first-order valence-electron chi connectivity index (χ1n) is 11.3. The van der Waals surface area contributed by atoms with Crippen molar-refractivity contribution >= 4 is 39.0 Å². The van der Waals surface area contributed by atoms with Crippen LogP contribution < -0.4 is 15.0 Å². The number of rotatable bonds is 5. The Kier molecular flexibility index (Phi) is 5.88. The van der Waals surface area contributed by atoms with Crippen LogP contribution in [0, 0.1) is 6.92 Å². The van der Waals surface area contributed by atoms with E-state index in [2.05, 4.69) is 35.6 Å². The topological polar surface area (TPSA) is 41.6 Å². The highest BCUT2D eigenvalue weighted by Gasteiger charge is 2.19. The van der Waals surface area contributed by atoms with Gasteiger partial charge in [0.25, 0.3) is 0 Å². The summed E-state index contributed by atoms with van der Waals surface area (Å²) >= 11 is 0. The zero-order chi connectivity index (χ0) is 23.5. The molecule has 0 atom stereocenters. The summed E-state index contributed by atoms with van der Waals surface area (Å²) in [5.41, 5.74) is 3.79. The zero-order valence-corrected chi connectivity index (χ0v) is 19.3. The van der Waals surface area contributed by atoms with E-state index in [9.17, 15) is 4.79 Å². The van der Waals surface area contributed by atoms with E-state index in [0.717, 1.165) is 38.4 Å². The quantitative estimate of drug-likeness (QED) is 0.283. The van der Waals surface area contributed by atoms with E-state index in [1.807, 2.05) is 79.7 Å². The summed E-state index contributed by atoms with van der Waals surface area (Å²) in [4.78, 5) is 15.4. The van der Waals surface area contributed by atoms with Gasteiger partial charge in [0.15, 0.2) is 0 Å². The number of hydrogen-bond acceptors (Lipinski definition) is 2. The number of carbonyl (C=O) groups excluding carboxylic acids is 1. The summed E-state index contributed by atoms with van der Waals surface area (Å²) in [6, 6.07) is 34.2. The molecule has 5 aromatic rings. The molecule has 0 aromatic heterocycles. The molecule has 0 spiro atoms. The summed E-state index contributed by atoms with van der Waals surface area (Å²) in [6.45, 7) is 2.48. The van der Waals surface area contributed by atoms with Gasteiger partial charge in [-0.05, 0) is 64.4 Å². The number of benzene rings is 5. The van der Waals surface area contributed by atoms with Crippen LogP contribution in [0.25, 0.3) is 21.5 Å². The van der Waals surface area contributed by atoms with E-state index in [4.69, 9.17) is 4.74 Å². The van der Waals surface area contributed by atoms with Gasteiger partial charge < -0.3 is 10.1 Å². The van der Waals surface area contributed by atoms with Crippen molar-refractivity contribution in [3.63, 3.8) is 0 Å². The van der Waals surface area contributed by atoms with E-state index in [0.29, 0.717) is 18.0 Å². The maximum Gasteiger partial charge on any atom is 0.326 e. The minimum atomic E-state index is -0.200. The van der Waals surface area contributed by atoms with E-state index < -0.39 is 0 Å². The van der Waals surface area contributed by atoms with Crippen LogP contribution in [-0.4, -0.2) is 13.1 Å². The molecule has 0 radical (unpaired) electrons. The maximum atomic E-state index is 13.6. The van der Waals surface area contributed by atoms with Gasteiger partial charge in [-0.2, -0.15) is 0 Å². The average molecular weight is 447 g/mol. The lowest BCUT2D eigenvalue weighted by molar-refractivity contribution is 0.256. The standard InChI is InChI=1S/C30H26N2O2/c1-21-14-16-25(17-15-21)32(30(33)31-24-10-7-11-26(19-24)34-2)20-29-27-12-5-3-8-22(27)18-23-9-4-6-13-28(23)29/h3-19H,20H2,1-2H3,(H,31,33). The average Bonchev–Trinajstić information content (AvgIpc) is 2.87. The van der Waals surface area contributed by atoms with E-state index in [1.165, 1.54) is 0 Å². The van der Waals surface area contributed by atoms with Gasteiger partial charge in [-0.1, -0.05) is 72.3 Å². The first kappa shape index (κ1) is 21.5. The molecule has 0 bridgehead atoms. The number of nitrogens with zero attached hydrogens (tertiary/aromatic N) is 1. The molecule has 4 heteroatoms. The highest BCUT2D eigenvalue weighted by atomic mass is 16.5. The second-order valence-electron chi connectivity index (χ2n) is 8.38. The fraction of sp³-hybridized carbons (Fsp3) is 0.100. The van der Waals surface area contributed by atoms with Gasteiger partial charge in [-0.15, -0.1) is 0 Å². The summed E-state index contributed by atoms with van der Waals surface area (Å²) in [7, 11) is 1.62. The Bertz CT molecular complexity index is 1420. The number of urea groups is 1. The first-order valence-corrected chi connectivity index (χ1v) is 11.3. The maximum absolute atomic E-state index is 13.6. The minimum absolute atomic E-state index is 0.200. The number of fused-ring (bicyclic) bond motifs is 2. The van der Waals surface area contributed by atoms with Crippen molar-refractivity contribution in [1.29, 1.82) is 0 Å². The molecule has 5 aromatic carbocycles. The van der Waals surface area contributed by atoms with Crippen LogP contribution in [-0.2, 0) is 6.54 Å². The number of ether oxygens (including phenoxy) is 1. The predicted octanol–water partition coefficient (Wildman–Crippen LogP) is 7.55. The third kappa shape index (κ3) is 4.30. The molecule has 0 fully saturated rings. The van der Waals surface area contributed by atoms with E-state index in [-0.39, 0.29) is 6.03 Å². The second kappa shape index (κ2) is 9.28. The predicted molar refractivity (Wildman–Crippen MR) is 141 cm³/mol. The monoisotopic (exact) mass is 446 g/mol. The van der Waals surface area contributed by atoms with Crippen molar-refractivity contribution < 1.29 is 9.53 Å². The number of carbonyl (C=O) groups is 1. The molecule has 5 rings (SSSR count). The van der Waals surface area contributed by atoms with Crippen molar-refractivity contribution in [1.82, 2.24) is 0 Å². The van der Waals surface area contributed by atoms with Gasteiger partial charge in [0.2, 0.25) is 0 Å². The highest BCUT2D eigenvalue weighted by Crippen LogP contribution is 2.31. The molecular formula is C30H26N2O2. The lowest BCUT2D eigenvalue weighted by atomic mass is 9.96. The summed E-state index contributed by atoms with van der Waals surface area (Å²) in [6.07, 6.45) is 0. The smallest absolute Gasteiger partial charge is 0.326 e. The molecule has 0 aliphatic rings. The molecule has 2 amide bonds. The zero-order valence-electron chi connectivity index (χ0n) is 19.3.